The minimum Gasteiger partial charge on any atom is -0.366 e. The van der Waals surface area contributed by atoms with Crippen LogP contribution in [0.15, 0.2) is 30.9 Å². The van der Waals surface area contributed by atoms with Gasteiger partial charge in [0.05, 0.1) is 10.7 Å². The van der Waals surface area contributed by atoms with E-state index < -0.39 is 0 Å². The third kappa shape index (κ3) is 2.60. The summed E-state index contributed by atoms with van der Waals surface area (Å²) in [5.74, 6) is 0. The third-order valence-corrected chi connectivity index (χ3v) is 2.50. The molecule has 0 saturated carbocycles. The van der Waals surface area contributed by atoms with Gasteiger partial charge >= 0.3 is 0 Å². The molecule has 0 atom stereocenters. The van der Waals surface area contributed by atoms with Gasteiger partial charge in [0, 0.05) is 18.7 Å². The molecule has 2 nitrogen and oxygen atoms in total. The van der Waals surface area contributed by atoms with E-state index in [9.17, 15) is 4.79 Å². The average Bonchev–Trinajstić information content (AvgIpc) is 2.26. The second kappa shape index (κ2) is 5.56. The fraction of sp³-hybridized carbons (Fsp3) is 0.250. The maximum atomic E-state index is 10.9. The van der Waals surface area contributed by atoms with Crippen molar-refractivity contribution in [3.63, 3.8) is 0 Å². The number of hydrogen-bond acceptors (Lipinski definition) is 2. The number of nitrogens with zero attached hydrogens (tertiary/aromatic N) is 1. The highest BCUT2D eigenvalue weighted by atomic mass is 35.5. The Morgan fingerprint density at radius 3 is 2.80 bits per heavy atom. The maximum Gasteiger partial charge on any atom is 0.152 e. The van der Waals surface area contributed by atoms with E-state index in [0.29, 0.717) is 17.1 Å². The number of carbonyl (C=O) groups excluding carboxylic acids is 1. The SMILES string of the molecule is C=CCN(CC)c1c(Cl)cccc1C=O. The first-order valence-corrected chi connectivity index (χ1v) is 5.22. The lowest BCUT2D eigenvalue weighted by Gasteiger charge is -2.23. The summed E-state index contributed by atoms with van der Waals surface area (Å²) in [6, 6.07) is 5.33. The molecular formula is C12H14ClNO. The first kappa shape index (κ1) is 11.8. The minimum atomic E-state index is 0.600. The summed E-state index contributed by atoms with van der Waals surface area (Å²) in [4.78, 5) is 12.9. The summed E-state index contributed by atoms with van der Waals surface area (Å²) >= 11 is 6.08. The molecule has 0 aliphatic rings. The van der Waals surface area contributed by atoms with Crippen molar-refractivity contribution in [2.75, 3.05) is 18.0 Å². The topological polar surface area (TPSA) is 20.3 Å². The van der Waals surface area contributed by atoms with Crippen LogP contribution < -0.4 is 4.90 Å². The lowest BCUT2D eigenvalue weighted by molar-refractivity contribution is 0.112. The maximum absolute atomic E-state index is 10.9. The molecule has 15 heavy (non-hydrogen) atoms. The Kier molecular flexibility index (Phi) is 4.37. The van der Waals surface area contributed by atoms with Gasteiger partial charge < -0.3 is 4.90 Å². The molecule has 0 unspecified atom stereocenters. The van der Waals surface area contributed by atoms with E-state index in [-0.39, 0.29) is 0 Å². The van der Waals surface area contributed by atoms with Crippen molar-refractivity contribution in [3.8, 4) is 0 Å². The lowest BCUT2D eigenvalue weighted by atomic mass is 10.1. The number of benzene rings is 1. The second-order valence-corrected chi connectivity index (χ2v) is 3.53. The first-order valence-electron chi connectivity index (χ1n) is 4.84. The number of carbonyl (C=O) groups is 1. The molecule has 1 aromatic rings. The number of likely N-dealkylation sites (N-methyl/N-ethyl adjacent to an activating group) is 1. The van der Waals surface area contributed by atoms with Gasteiger partial charge in [0.15, 0.2) is 6.29 Å². The molecule has 0 fully saturated rings. The second-order valence-electron chi connectivity index (χ2n) is 3.12. The molecule has 0 radical (unpaired) electrons. The Morgan fingerprint density at radius 2 is 2.27 bits per heavy atom. The van der Waals surface area contributed by atoms with Gasteiger partial charge in [-0.3, -0.25) is 4.79 Å². The van der Waals surface area contributed by atoms with E-state index in [1.807, 2.05) is 11.8 Å². The predicted octanol–water partition coefficient (Wildman–Crippen LogP) is 3.16. The zero-order valence-electron chi connectivity index (χ0n) is 8.74. The predicted molar refractivity (Wildman–Crippen MR) is 64.9 cm³/mol. The molecule has 1 rings (SSSR count). The fourth-order valence-electron chi connectivity index (χ4n) is 1.50. The largest absolute Gasteiger partial charge is 0.366 e. The quantitative estimate of drug-likeness (QED) is 0.565. The van der Waals surface area contributed by atoms with Crippen LogP contribution in [-0.2, 0) is 0 Å². The van der Waals surface area contributed by atoms with E-state index in [4.69, 9.17) is 11.6 Å². The number of aldehydes is 1. The van der Waals surface area contributed by atoms with Crippen molar-refractivity contribution >= 4 is 23.6 Å². The summed E-state index contributed by atoms with van der Waals surface area (Å²) in [5.41, 5.74) is 1.41. The van der Waals surface area contributed by atoms with E-state index in [2.05, 4.69) is 6.58 Å². The molecule has 0 aliphatic carbocycles. The minimum absolute atomic E-state index is 0.600. The molecule has 0 saturated heterocycles. The van der Waals surface area contributed by atoms with Crippen LogP contribution in [0.5, 0.6) is 0 Å². The van der Waals surface area contributed by atoms with Gasteiger partial charge in [-0.05, 0) is 19.1 Å². The van der Waals surface area contributed by atoms with E-state index >= 15 is 0 Å². The van der Waals surface area contributed by atoms with Crippen molar-refractivity contribution in [2.24, 2.45) is 0 Å². The van der Waals surface area contributed by atoms with Crippen molar-refractivity contribution in [1.82, 2.24) is 0 Å². The van der Waals surface area contributed by atoms with Gasteiger partial charge in [-0.15, -0.1) is 6.58 Å². The van der Waals surface area contributed by atoms with Gasteiger partial charge in [-0.2, -0.15) is 0 Å². The normalized spacial score (nSPS) is 9.73. The summed E-state index contributed by atoms with van der Waals surface area (Å²) in [6.45, 7) is 7.17. The molecule has 0 spiro atoms. The molecular weight excluding hydrogens is 210 g/mol. The van der Waals surface area contributed by atoms with Crippen LogP contribution in [-0.4, -0.2) is 19.4 Å². The van der Waals surface area contributed by atoms with Gasteiger partial charge in [0.1, 0.15) is 0 Å². The molecule has 80 valence electrons. The van der Waals surface area contributed by atoms with Crippen LogP contribution in [0.1, 0.15) is 17.3 Å². The summed E-state index contributed by atoms with van der Waals surface area (Å²) in [6.07, 6.45) is 2.62. The number of rotatable bonds is 5. The van der Waals surface area contributed by atoms with Crippen molar-refractivity contribution in [2.45, 2.75) is 6.92 Å². The molecule has 3 heteroatoms. The Hall–Kier alpha value is -1.28. The summed E-state index contributed by atoms with van der Waals surface area (Å²) in [7, 11) is 0. The standard InChI is InChI=1S/C12H14ClNO/c1-3-8-14(4-2)12-10(9-15)6-5-7-11(12)13/h3,5-7,9H,1,4,8H2,2H3. The smallest absolute Gasteiger partial charge is 0.152 e. The van der Waals surface area contributed by atoms with Crippen molar-refractivity contribution in [1.29, 1.82) is 0 Å². The van der Waals surface area contributed by atoms with E-state index in [1.54, 1.807) is 24.3 Å². The van der Waals surface area contributed by atoms with Gasteiger partial charge in [-0.25, -0.2) is 0 Å². The number of anilines is 1. The van der Waals surface area contributed by atoms with Gasteiger partial charge in [-0.1, -0.05) is 23.7 Å². The Morgan fingerprint density at radius 1 is 1.53 bits per heavy atom. The highest BCUT2D eigenvalue weighted by molar-refractivity contribution is 6.33. The molecule has 0 aliphatic heterocycles. The van der Waals surface area contributed by atoms with Crippen LogP contribution in [0, 0.1) is 0 Å². The van der Waals surface area contributed by atoms with Crippen LogP contribution >= 0.6 is 11.6 Å². The van der Waals surface area contributed by atoms with E-state index in [0.717, 1.165) is 18.5 Å². The number of para-hydroxylation sites is 1. The third-order valence-electron chi connectivity index (χ3n) is 2.19. The zero-order valence-corrected chi connectivity index (χ0v) is 9.50. The molecule has 0 heterocycles. The van der Waals surface area contributed by atoms with Crippen molar-refractivity contribution in [3.05, 3.63) is 41.4 Å². The highest BCUT2D eigenvalue weighted by Gasteiger charge is 2.11. The van der Waals surface area contributed by atoms with Gasteiger partial charge in [0.2, 0.25) is 0 Å². The first-order chi connectivity index (χ1) is 7.24. The zero-order chi connectivity index (χ0) is 11.3. The number of halogens is 1. The van der Waals surface area contributed by atoms with Gasteiger partial charge in [0.25, 0.3) is 0 Å². The Labute approximate surface area is 95.2 Å². The molecule has 0 bridgehead atoms. The van der Waals surface area contributed by atoms with Crippen LogP contribution in [0.3, 0.4) is 0 Å². The van der Waals surface area contributed by atoms with Crippen molar-refractivity contribution < 1.29 is 4.79 Å². The Bertz CT molecular complexity index is 363. The van der Waals surface area contributed by atoms with Crippen LogP contribution in [0.4, 0.5) is 5.69 Å². The highest BCUT2D eigenvalue weighted by Crippen LogP contribution is 2.28. The summed E-state index contributed by atoms with van der Waals surface area (Å²) in [5, 5.41) is 0.600. The summed E-state index contributed by atoms with van der Waals surface area (Å²) < 4.78 is 0. The van der Waals surface area contributed by atoms with E-state index in [1.165, 1.54) is 0 Å². The van der Waals surface area contributed by atoms with Crippen LogP contribution in [0.25, 0.3) is 0 Å². The lowest BCUT2D eigenvalue weighted by Crippen LogP contribution is -2.24. The van der Waals surface area contributed by atoms with Crippen LogP contribution in [0.2, 0.25) is 5.02 Å². The molecule has 0 aromatic heterocycles. The molecule has 1 aromatic carbocycles. The average molecular weight is 224 g/mol. The Balaban J connectivity index is 3.18. The molecule has 0 N–H and O–H groups in total. The fourth-order valence-corrected chi connectivity index (χ4v) is 1.80. The number of hydrogen-bond donors (Lipinski definition) is 0. The molecule has 0 amide bonds. The monoisotopic (exact) mass is 223 g/mol.